The predicted octanol–water partition coefficient (Wildman–Crippen LogP) is 2.10. The molecule has 0 saturated carbocycles. The van der Waals surface area contributed by atoms with Gasteiger partial charge in [0.25, 0.3) is 0 Å². The quantitative estimate of drug-likeness (QED) is 0.863. The zero-order chi connectivity index (χ0) is 11.3. The highest BCUT2D eigenvalue weighted by molar-refractivity contribution is 9.10. The second-order valence-corrected chi connectivity index (χ2v) is 4.32. The molecule has 0 bridgehead atoms. The maximum Gasteiger partial charge on any atom is 0.127 e. The van der Waals surface area contributed by atoms with Crippen molar-refractivity contribution in [2.75, 3.05) is 13.1 Å². The van der Waals surface area contributed by atoms with Crippen LogP contribution in [-0.4, -0.2) is 24.3 Å². The van der Waals surface area contributed by atoms with E-state index >= 15 is 0 Å². The molecule has 0 radical (unpaired) electrons. The van der Waals surface area contributed by atoms with Crippen LogP contribution in [0.1, 0.15) is 12.5 Å². The van der Waals surface area contributed by atoms with Gasteiger partial charge < -0.3 is 10.4 Å². The Bertz CT molecular complexity index is 319. The first-order valence-electron chi connectivity index (χ1n) is 4.96. The molecule has 1 atom stereocenters. The lowest BCUT2D eigenvalue weighted by molar-refractivity contribution is 0.171. The normalized spacial score (nSPS) is 12.8. The van der Waals surface area contributed by atoms with Crippen LogP contribution < -0.4 is 5.32 Å². The summed E-state index contributed by atoms with van der Waals surface area (Å²) in [5.74, 6) is -0.278. The van der Waals surface area contributed by atoms with E-state index in [4.69, 9.17) is 0 Å². The summed E-state index contributed by atoms with van der Waals surface area (Å²) in [4.78, 5) is 0. The van der Waals surface area contributed by atoms with Gasteiger partial charge in [0.2, 0.25) is 0 Å². The summed E-state index contributed by atoms with van der Waals surface area (Å²) < 4.78 is 14.1. The molecule has 84 valence electrons. The van der Waals surface area contributed by atoms with Crippen molar-refractivity contribution in [3.05, 3.63) is 34.1 Å². The number of aliphatic hydroxyl groups is 1. The van der Waals surface area contributed by atoms with Crippen molar-refractivity contribution in [2.24, 2.45) is 0 Å². The van der Waals surface area contributed by atoms with Crippen LogP contribution in [0.3, 0.4) is 0 Å². The van der Waals surface area contributed by atoms with Crippen LogP contribution in [0.2, 0.25) is 0 Å². The number of nitrogens with one attached hydrogen (secondary N) is 1. The molecular formula is C11H15BrFNO. The number of likely N-dealkylation sites (N-methyl/N-ethyl adjacent to an activating group) is 1. The highest BCUT2D eigenvalue weighted by Gasteiger charge is 2.09. The molecule has 0 fully saturated rings. The molecule has 4 heteroatoms. The van der Waals surface area contributed by atoms with Crippen molar-refractivity contribution in [3.8, 4) is 0 Å². The first-order valence-corrected chi connectivity index (χ1v) is 5.75. The predicted molar refractivity (Wildman–Crippen MR) is 62.4 cm³/mol. The van der Waals surface area contributed by atoms with Gasteiger partial charge in [-0.05, 0) is 24.2 Å². The van der Waals surface area contributed by atoms with Crippen molar-refractivity contribution in [1.82, 2.24) is 5.32 Å². The van der Waals surface area contributed by atoms with Crippen molar-refractivity contribution in [1.29, 1.82) is 0 Å². The fraction of sp³-hybridized carbons (Fsp3) is 0.455. The Kier molecular flexibility index (Phi) is 5.22. The van der Waals surface area contributed by atoms with E-state index in [0.717, 1.165) is 6.54 Å². The third kappa shape index (κ3) is 4.28. The number of hydrogen-bond donors (Lipinski definition) is 2. The number of benzene rings is 1. The zero-order valence-corrected chi connectivity index (χ0v) is 10.2. The van der Waals surface area contributed by atoms with Crippen molar-refractivity contribution >= 4 is 15.9 Å². The van der Waals surface area contributed by atoms with E-state index in [0.29, 0.717) is 23.0 Å². The summed E-state index contributed by atoms with van der Waals surface area (Å²) in [6, 6.07) is 4.88. The number of halogens is 2. The van der Waals surface area contributed by atoms with Crippen LogP contribution in [0.5, 0.6) is 0 Å². The Morgan fingerprint density at radius 2 is 2.27 bits per heavy atom. The van der Waals surface area contributed by atoms with Gasteiger partial charge in [-0.3, -0.25) is 0 Å². The Morgan fingerprint density at radius 1 is 1.53 bits per heavy atom. The average molecular weight is 276 g/mol. The van der Waals surface area contributed by atoms with Crippen molar-refractivity contribution in [3.63, 3.8) is 0 Å². The first-order chi connectivity index (χ1) is 7.13. The van der Waals surface area contributed by atoms with Gasteiger partial charge in [0.05, 0.1) is 6.10 Å². The smallest absolute Gasteiger partial charge is 0.127 e. The topological polar surface area (TPSA) is 32.3 Å². The maximum atomic E-state index is 13.4. The number of aliphatic hydroxyl groups excluding tert-OH is 1. The second-order valence-electron chi connectivity index (χ2n) is 3.40. The summed E-state index contributed by atoms with van der Waals surface area (Å²) in [5, 5.41) is 12.6. The molecule has 1 rings (SSSR count). The SMILES string of the molecule is CCNCC(O)Cc1ccc(Br)cc1F. The minimum Gasteiger partial charge on any atom is -0.391 e. The van der Waals surface area contributed by atoms with E-state index < -0.39 is 6.10 Å². The third-order valence-corrected chi connectivity index (χ3v) is 2.59. The van der Waals surface area contributed by atoms with E-state index in [9.17, 15) is 9.50 Å². The van der Waals surface area contributed by atoms with Crippen LogP contribution in [-0.2, 0) is 6.42 Å². The van der Waals surface area contributed by atoms with Crippen molar-refractivity contribution in [2.45, 2.75) is 19.4 Å². The lowest BCUT2D eigenvalue weighted by Gasteiger charge is -2.11. The number of hydrogen-bond acceptors (Lipinski definition) is 2. The summed E-state index contributed by atoms with van der Waals surface area (Å²) >= 11 is 3.19. The summed E-state index contributed by atoms with van der Waals surface area (Å²) in [6.45, 7) is 3.26. The molecule has 0 aliphatic carbocycles. The molecule has 15 heavy (non-hydrogen) atoms. The minimum atomic E-state index is -0.541. The van der Waals surface area contributed by atoms with Crippen molar-refractivity contribution < 1.29 is 9.50 Å². The van der Waals surface area contributed by atoms with Gasteiger partial charge >= 0.3 is 0 Å². The molecule has 0 heterocycles. The summed E-state index contributed by atoms with van der Waals surface area (Å²) in [5.41, 5.74) is 0.545. The van der Waals surface area contributed by atoms with E-state index in [1.807, 2.05) is 6.92 Å². The standard InChI is InChI=1S/C11H15BrFNO/c1-2-14-7-10(15)5-8-3-4-9(12)6-11(8)13/h3-4,6,10,14-15H,2,5,7H2,1H3. The van der Waals surface area contributed by atoms with E-state index in [-0.39, 0.29) is 5.82 Å². The first kappa shape index (κ1) is 12.6. The Labute approximate surface area is 97.6 Å². The van der Waals surface area contributed by atoms with Gasteiger partial charge in [0.1, 0.15) is 5.82 Å². The lowest BCUT2D eigenvalue weighted by atomic mass is 10.1. The van der Waals surface area contributed by atoms with Gasteiger partial charge in [0.15, 0.2) is 0 Å². The molecule has 2 N–H and O–H groups in total. The molecule has 0 amide bonds. The van der Waals surface area contributed by atoms with E-state index in [2.05, 4.69) is 21.2 Å². The fourth-order valence-corrected chi connectivity index (χ4v) is 1.66. The van der Waals surface area contributed by atoms with Crippen LogP contribution >= 0.6 is 15.9 Å². The lowest BCUT2D eigenvalue weighted by Crippen LogP contribution is -2.28. The van der Waals surface area contributed by atoms with E-state index in [1.54, 1.807) is 12.1 Å². The van der Waals surface area contributed by atoms with Gasteiger partial charge in [0, 0.05) is 17.4 Å². The molecule has 0 aliphatic rings. The molecule has 2 nitrogen and oxygen atoms in total. The van der Waals surface area contributed by atoms with Crippen LogP contribution in [0, 0.1) is 5.82 Å². The van der Waals surface area contributed by atoms with E-state index in [1.165, 1.54) is 6.07 Å². The molecule has 0 spiro atoms. The maximum absolute atomic E-state index is 13.4. The zero-order valence-electron chi connectivity index (χ0n) is 8.63. The third-order valence-electron chi connectivity index (χ3n) is 2.10. The molecule has 1 unspecified atom stereocenters. The molecule has 1 aromatic rings. The number of rotatable bonds is 5. The monoisotopic (exact) mass is 275 g/mol. The molecule has 0 saturated heterocycles. The van der Waals surface area contributed by atoms with Gasteiger partial charge in [-0.1, -0.05) is 28.9 Å². The molecule has 1 aromatic carbocycles. The highest BCUT2D eigenvalue weighted by Crippen LogP contribution is 2.16. The Morgan fingerprint density at radius 3 is 2.87 bits per heavy atom. The van der Waals surface area contributed by atoms with Crippen LogP contribution in [0.15, 0.2) is 22.7 Å². The van der Waals surface area contributed by atoms with Crippen LogP contribution in [0.25, 0.3) is 0 Å². The molecule has 0 aromatic heterocycles. The van der Waals surface area contributed by atoms with Gasteiger partial charge in [-0.15, -0.1) is 0 Å². The van der Waals surface area contributed by atoms with Gasteiger partial charge in [-0.25, -0.2) is 4.39 Å². The van der Waals surface area contributed by atoms with Gasteiger partial charge in [-0.2, -0.15) is 0 Å². The largest absolute Gasteiger partial charge is 0.391 e. The summed E-state index contributed by atoms with van der Waals surface area (Å²) in [6.07, 6.45) is -0.202. The Balaban J connectivity index is 2.56. The fourth-order valence-electron chi connectivity index (χ4n) is 1.32. The second kappa shape index (κ2) is 6.20. The Hall–Kier alpha value is -0.450. The average Bonchev–Trinajstić information content (AvgIpc) is 2.19. The summed E-state index contributed by atoms with van der Waals surface area (Å²) in [7, 11) is 0. The molecular weight excluding hydrogens is 261 g/mol. The van der Waals surface area contributed by atoms with Crippen LogP contribution in [0.4, 0.5) is 4.39 Å². The highest BCUT2D eigenvalue weighted by atomic mass is 79.9. The molecule has 0 aliphatic heterocycles. The minimum absolute atomic E-state index is 0.278.